The summed E-state index contributed by atoms with van der Waals surface area (Å²) < 4.78 is 11.7. The topological polar surface area (TPSA) is 57.1 Å². The van der Waals surface area contributed by atoms with Gasteiger partial charge in [0.15, 0.2) is 11.5 Å². The largest absolute Gasteiger partial charge is 0.493 e. The molecule has 0 unspecified atom stereocenters. The van der Waals surface area contributed by atoms with Crippen molar-refractivity contribution in [3.8, 4) is 11.5 Å². The van der Waals surface area contributed by atoms with E-state index in [4.69, 9.17) is 14.3 Å². The summed E-state index contributed by atoms with van der Waals surface area (Å²) in [5.74, 6) is 0.716. The second-order valence-corrected chi connectivity index (χ2v) is 6.06. The van der Waals surface area contributed by atoms with E-state index in [1.807, 2.05) is 43.3 Å². The SMILES string of the molecule is CCOc1c(Br)cc(/C=C2\C(=O)ON=C2c2ccccc2)cc1OC. The van der Waals surface area contributed by atoms with E-state index in [2.05, 4.69) is 21.1 Å². The smallest absolute Gasteiger partial charge is 0.368 e. The Labute approximate surface area is 154 Å². The molecule has 0 bridgehead atoms. The summed E-state index contributed by atoms with van der Waals surface area (Å²) in [7, 11) is 1.57. The second kappa shape index (κ2) is 7.53. The highest BCUT2D eigenvalue weighted by Crippen LogP contribution is 2.37. The number of halogens is 1. The van der Waals surface area contributed by atoms with E-state index in [0.717, 1.165) is 15.6 Å². The van der Waals surface area contributed by atoms with Crippen molar-refractivity contribution in [1.29, 1.82) is 0 Å². The van der Waals surface area contributed by atoms with E-state index in [0.29, 0.717) is 29.4 Å². The Kier molecular flexibility index (Phi) is 5.19. The number of ether oxygens (including phenoxy) is 2. The number of rotatable bonds is 5. The van der Waals surface area contributed by atoms with Crippen molar-refractivity contribution in [3.05, 3.63) is 63.6 Å². The summed E-state index contributed by atoms with van der Waals surface area (Å²) in [5, 5.41) is 3.91. The molecule has 0 saturated heterocycles. The van der Waals surface area contributed by atoms with Crippen molar-refractivity contribution >= 4 is 33.7 Å². The molecule has 2 aromatic rings. The highest BCUT2D eigenvalue weighted by Gasteiger charge is 2.27. The first-order valence-corrected chi connectivity index (χ1v) is 8.50. The number of hydrogen-bond donors (Lipinski definition) is 0. The highest BCUT2D eigenvalue weighted by atomic mass is 79.9. The van der Waals surface area contributed by atoms with Crippen LogP contribution in [0.1, 0.15) is 18.1 Å². The van der Waals surface area contributed by atoms with Crippen molar-refractivity contribution in [2.75, 3.05) is 13.7 Å². The number of benzene rings is 2. The van der Waals surface area contributed by atoms with Crippen LogP contribution in [0.15, 0.2) is 57.7 Å². The molecule has 0 radical (unpaired) electrons. The van der Waals surface area contributed by atoms with Crippen LogP contribution in [0.3, 0.4) is 0 Å². The van der Waals surface area contributed by atoms with E-state index in [9.17, 15) is 4.79 Å². The van der Waals surface area contributed by atoms with Crippen LogP contribution in [-0.2, 0) is 9.63 Å². The van der Waals surface area contributed by atoms with Crippen LogP contribution >= 0.6 is 15.9 Å². The fourth-order valence-corrected chi connectivity index (χ4v) is 3.06. The van der Waals surface area contributed by atoms with Crippen LogP contribution in [0, 0.1) is 0 Å². The van der Waals surface area contributed by atoms with E-state index in [-0.39, 0.29) is 0 Å². The van der Waals surface area contributed by atoms with Gasteiger partial charge in [-0.15, -0.1) is 0 Å². The fraction of sp³-hybridized carbons (Fsp3) is 0.158. The summed E-state index contributed by atoms with van der Waals surface area (Å²) in [6, 6.07) is 13.1. The molecular formula is C19H16BrNO4. The summed E-state index contributed by atoms with van der Waals surface area (Å²) in [5.41, 5.74) is 2.49. The van der Waals surface area contributed by atoms with Crippen molar-refractivity contribution in [1.82, 2.24) is 0 Å². The molecule has 128 valence electrons. The Bertz CT molecular complexity index is 859. The number of carbonyl (C=O) groups is 1. The zero-order valence-electron chi connectivity index (χ0n) is 13.8. The number of hydrogen-bond acceptors (Lipinski definition) is 5. The molecular weight excluding hydrogens is 386 g/mol. The molecule has 25 heavy (non-hydrogen) atoms. The Balaban J connectivity index is 2.03. The summed E-state index contributed by atoms with van der Waals surface area (Å²) >= 11 is 3.48. The van der Waals surface area contributed by atoms with Gasteiger partial charge in [0.05, 0.1) is 23.8 Å². The standard InChI is InChI=1S/C19H16BrNO4/c1-3-24-18-15(20)10-12(11-16(18)23-2)9-14-17(21-25-19(14)22)13-7-5-4-6-8-13/h4-11H,3H2,1-2H3/b14-9-. The average molecular weight is 402 g/mol. The van der Waals surface area contributed by atoms with Gasteiger partial charge in [0, 0.05) is 5.56 Å². The fourth-order valence-electron chi connectivity index (χ4n) is 2.49. The third-order valence-electron chi connectivity index (χ3n) is 3.59. The van der Waals surface area contributed by atoms with Gasteiger partial charge in [-0.25, -0.2) is 4.79 Å². The molecule has 0 aliphatic carbocycles. The highest BCUT2D eigenvalue weighted by molar-refractivity contribution is 9.10. The molecule has 0 atom stereocenters. The first-order chi connectivity index (χ1) is 12.1. The van der Waals surface area contributed by atoms with Crippen molar-refractivity contribution in [2.24, 2.45) is 5.16 Å². The molecule has 3 rings (SSSR count). The third kappa shape index (κ3) is 3.58. The summed E-state index contributed by atoms with van der Waals surface area (Å²) in [4.78, 5) is 17.0. The summed E-state index contributed by atoms with van der Waals surface area (Å²) in [6.07, 6.45) is 1.73. The molecule has 0 amide bonds. The molecule has 1 heterocycles. The normalized spacial score (nSPS) is 15.1. The van der Waals surface area contributed by atoms with Gasteiger partial charge in [-0.05, 0) is 46.6 Å². The lowest BCUT2D eigenvalue weighted by Crippen LogP contribution is -2.06. The van der Waals surface area contributed by atoms with Crippen LogP contribution in [0.25, 0.3) is 6.08 Å². The molecule has 5 nitrogen and oxygen atoms in total. The van der Waals surface area contributed by atoms with Crippen molar-refractivity contribution < 1.29 is 19.1 Å². The Morgan fingerprint density at radius 1 is 1.24 bits per heavy atom. The van der Waals surface area contributed by atoms with Crippen LogP contribution in [0.4, 0.5) is 0 Å². The van der Waals surface area contributed by atoms with E-state index in [1.54, 1.807) is 19.3 Å². The number of methoxy groups -OCH3 is 1. The molecule has 6 heteroatoms. The van der Waals surface area contributed by atoms with Gasteiger partial charge < -0.3 is 14.3 Å². The average Bonchev–Trinajstić information content (AvgIpc) is 2.98. The predicted octanol–water partition coefficient (Wildman–Crippen LogP) is 4.20. The monoisotopic (exact) mass is 401 g/mol. The maximum absolute atomic E-state index is 12.1. The van der Waals surface area contributed by atoms with Gasteiger partial charge in [-0.3, -0.25) is 0 Å². The maximum Gasteiger partial charge on any atom is 0.368 e. The van der Waals surface area contributed by atoms with Gasteiger partial charge in [0.1, 0.15) is 5.71 Å². The van der Waals surface area contributed by atoms with E-state index >= 15 is 0 Å². The number of carbonyl (C=O) groups excluding carboxylic acids is 1. The van der Waals surface area contributed by atoms with Crippen molar-refractivity contribution in [3.63, 3.8) is 0 Å². The number of oxime groups is 1. The van der Waals surface area contributed by atoms with Crippen LogP contribution < -0.4 is 9.47 Å². The van der Waals surface area contributed by atoms with Gasteiger partial charge in [-0.1, -0.05) is 35.5 Å². The van der Waals surface area contributed by atoms with Crippen LogP contribution in [-0.4, -0.2) is 25.4 Å². The molecule has 0 fully saturated rings. The minimum atomic E-state index is -0.483. The van der Waals surface area contributed by atoms with Crippen LogP contribution in [0.5, 0.6) is 11.5 Å². The lowest BCUT2D eigenvalue weighted by molar-refractivity contribution is -0.136. The quantitative estimate of drug-likeness (QED) is 0.556. The summed E-state index contributed by atoms with van der Waals surface area (Å²) in [6.45, 7) is 2.42. The maximum atomic E-state index is 12.1. The lowest BCUT2D eigenvalue weighted by Gasteiger charge is -2.12. The Morgan fingerprint density at radius 2 is 2.00 bits per heavy atom. The third-order valence-corrected chi connectivity index (χ3v) is 4.18. The zero-order chi connectivity index (χ0) is 17.8. The van der Waals surface area contributed by atoms with Crippen LogP contribution in [0.2, 0.25) is 0 Å². The first kappa shape index (κ1) is 17.2. The van der Waals surface area contributed by atoms with Gasteiger partial charge in [0.25, 0.3) is 0 Å². The van der Waals surface area contributed by atoms with Crippen molar-refractivity contribution in [2.45, 2.75) is 6.92 Å². The van der Waals surface area contributed by atoms with Gasteiger partial charge in [0.2, 0.25) is 0 Å². The Hall–Kier alpha value is -2.60. The predicted molar refractivity (Wildman–Crippen MR) is 98.9 cm³/mol. The first-order valence-electron chi connectivity index (χ1n) is 7.71. The second-order valence-electron chi connectivity index (χ2n) is 5.21. The van der Waals surface area contributed by atoms with Gasteiger partial charge in [-0.2, -0.15) is 0 Å². The molecule has 1 aliphatic heterocycles. The lowest BCUT2D eigenvalue weighted by atomic mass is 10.0. The molecule has 1 aliphatic rings. The van der Waals surface area contributed by atoms with Gasteiger partial charge >= 0.3 is 5.97 Å². The molecule has 0 saturated carbocycles. The van der Waals surface area contributed by atoms with E-state index < -0.39 is 5.97 Å². The van der Waals surface area contributed by atoms with E-state index in [1.165, 1.54) is 0 Å². The molecule has 0 N–H and O–H groups in total. The number of nitrogens with zero attached hydrogens (tertiary/aromatic N) is 1. The Morgan fingerprint density at radius 3 is 2.68 bits per heavy atom. The minimum Gasteiger partial charge on any atom is -0.493 e. The minimum absolute atomic E-state index is 0.393. The zero-order valence-corrected chi connectivity index (χ0v) is 15.4. The molecule has 0 aromatic heterocycles. The molecule has 0 spiro atoms. The molecule has 2 aromatic carbocycles.